The van der Waals surface area contributed by atoms with Crippen LogP contribution in [0.4, 0.5) is 5.00 Å². The van der Waals surface area contributed by atoms with Gasteiger partial charge in [0.1, 0.15) is 4.21 Å². The highest BCUT2D eigenvalue weighted by atomic mass is 32.2. The van der Waals surface area contributed by atoms with Crippen molar-refractivity contribution in [3.63, 3.8) is 0 Å². The van der Waals surface area contributed by atoms with Gasteiger partial charge >= 0.3 is 5.00 Å². The molecule has 2 N–H and O–H groups in total. The Morgan fingerprint density at radius 1 is 1.25 bits per heavy atom. The number of benzene rings is 1. The van der Waals surface area contributed by atoms with Crippen molar-refractivity contribution >= 4 is 32.1 Å². The van der Waals surface area contributed by atoms with E-state index in [4.69, 9.17) is 5.73 Å². The fourth-order valence-corrected chi connectivity index (χ4v) is 4.40. The minimum absolute atomic E-state index is 0.0563. The number of nitrogens with two attached hydrogens (primary N) is 1. The molecule has 1 heterocycles. The molecule has 0 aliphatic carbocycles. The number of sulfone groups is 1. The monoisotopic (exact) mass is 312 g/mol. The van der Waals surface area contributed by atoms with E-state index >= 15 is 0 Å². The molecule has 9 heteroatoms. The molecule has 0 saturated heterocycles. The lowest BCUT2D eigenvalue weighted by molar-refractivity contribution is -0.380. The van der Waals surface area contributed by atoms with Gasteiger partial charge in [0.2, 0.25) is 9.84 Å². The second-order valence-corrected chi connectivity index (χ2v) is 6.90. The molecular weight excluding hydrogens is 304 g/mol. The zero-order chi connectivity index (χ0) is 14.9. The molecule has 0 fully saturated rings. The molecule has 0 spiro atoms. The van der Waals surface area contributed by atoms with E-state index < -0.39 is 29.9 Å². The standard InChI is InChI=1S/C11H8N2O5S2/c12-10(14)8-6-9(13(15)16)19-11(8)20(17,18)7-4-2-1-3-5-7/h1-6H,(H2,12,14). The molecule has 104 valence electrons. The first-order chi connectivity index (χ1) is 9.34. The minimum atomic E-state index is -4.01. The fourth-order valence-electron chi connectivity index (χ4n) is 1.53. The Balaban J connectivity index is 2.69. The highest BCUT2D eigenvalue weighted by Crippen LogP contribution is 2.35. The third-order valence-electron chi connectivity index (χ3n) is 2.43. The summed E-state index contributed by atoms with van der Waals surface area (Å²) in [5.41, 5.74) is 4.71. The molecule has 0 saturated carbocycles. The lowest BCUT2D eigenvalue weighted by Crippen LogP contribution is -2.14. The number of thiophene rings is 1. The number of hydrogen-bond donors (Lipinski definition) is 1. The van der Waals surface area contributed by atoms with Gasteiger partial charge < -0.3 is 5.73 Å². The summed E-state index contributed by atoms with van der Waals surface area (Å²) in [5.74, 6) is -1.02. The molecule has 0 aliphatic heterocycles. The van der Waals surface area contributed by atoms with Gasteiger partial charge in [0, 0.05) is 6.07 Å². The van der Waals surface area contributed by atoms with Crippen molar-refractivity contribution in [1.29, 1.82) is 0 Å². The van der Waals surface area contributed by atoms with Crippen molar-refractivity contribution in [2.45, 2.75) is 9.10 Å². The van der Waals surface area contributed by atoms with Crippen LogP contribution in [0.2, 0.25) is 0 Å². The summed E-state index contributed by atoms with van der Waals surface area (Å²) in [7, 11) is -4.01. The van der Waals surface area contributed by atoms with Gasteiger partial charge in [-0.2, -0.15) is 0 Å². The van der Waals surface area contributed by atoms with Gasteiger partial charge in [-0.15, -0.1) is 0 Å². The smallest absolute Gasteiger partial charge is 0.326 e. The molecule has 7 nitrogen and oxygen atoms in total. The number of rotatable bonds is 4. The predicted molar refractivity (Wildman–Crippen MR) is 71.4 cm³/mol. The number of carbonyl (C=O) groups is 1. The van der Waals surface area contributed by atoms with Crippen molar-refractivity contribution in [3.8, 4) is 0 Å². The molecule has 0 atom stereocenters. The summed E-state index contributed by atoms with van der Waals surface area (Å²) in [4.78, 5) is 21.2. The van der Waals surface area contributed by atoms with Crippen molar-refractivity contribution in [1.82, 2.24) is 0 Å². The summed E-state index contributed by atoms with van der Waals surface area (Å²) in [6.07, 6.45) is 0. The Labute approximate surface area is 117 Å². The SMILES string of the molecule is NC(=O)c1cc([N+](=O)[O-])sc1S(=O)(=O)c1ccccc1. The molecule has 1 aromatic heterocycles. The van der Waals surface area contributed by atoms with E-state index in [1.807, 2.05) is 0 Å². The van der Waals surface area contributed by atoms with Crippen molar-refractivity contribution in [2.24, 2.45) is 5.73 Å². The van der Waals surface area contributed by atoms with Gasteiger partial charge in [-0.05, 0) is 23.5 Å². The van der Waals surface area contributed by atoms with Crippen molar-refractivity contribution in [3.05, 3.63) is 52.1 Å². The Morgan fingerprint density at radius 3 is 2.35 bits per heavy atom. The van der Waals surface area contributed by atoms with Gasteiger partial charge in [0.25, 0.3) is 5.91 Å². The Morgan fingerprint density at radius 2 is 1.85 bits per heavy atom. The van der Waals surface area contributed by atoms with Gasteiger partial charge in [-0.25, -0.2) is 8.42 Å². The molecule has 0 radical (unpaired) electrons. The van der Waals surface area contributed by atoms with Crippen LogP contribution < -0.4 is 5.73 Å². The number of primary amides is 1. The zero-order valence-corrected chi connectivity index (χ0v) is 11.5. The van der Waals surface area contributed by atoms with E-state index in [2.05, 4.69) is 0 Å². The largest absolute Gasteiger partial charge is 0.366 e. The van der Waals surface area contributed by atoms with Crippen LogP contribution in [0.5, 0.6) is 0 Å². The fraction of sp³-hybridized carbons (Fsp3) is 0. The summed E-state index contributed by atoms with van der Waals surface area (Å²) in [6, 6.07) is 8.21. The van der Waals surface area contributed by atoms with Gasteiger partial charge in [-0.3, -0.25) is 14.9 Å². The topological polar surface area (TPSA) is 120 Å². The van der Waals surface area contributed by atoms with Gasteiger partial charge in [0.05, 0.1) is 15.4 Å². The summed E-state index contributed by atoms with van der Waals surface area (Å²) >= 11 is 0.410. The molecule has 20 heavy (non-hydrogen) atoms. The second kappa shape index (κ2) is 5.02. The third-order valence-corrected chi connectivity index (χ3v) is 5.82. The summed E-state index contributed by atoms with van der Waals surface area (Å²) in [6.45, 7) is 0. The lowest BCUT2D eigenvalue weighted by Gasteiger charge is -2.02. The first-order valence-electron chi connectivity index (χ1n) is 5.22. The Hall–Kier alpha value is -2.26. The number of nitrogens with zero attached hydrogens (tertiary/aromatic N) is 1. The van der Waals surface area contributed by atoms with E-state index in [1.165, 1.54) is 24.3 Å². The maximum Gasteiger partial charge on any atom is 0.326 e. The zero-order valence-electron chi connectivity index (χ0n) is 9.85. The van der Waals surface area contributed by atoms with Crippen LogP contribution in [0.25, 0.3) is 0 Å². The van der Waals surface area contributed by atoms with Crippen LogP contribution in [-0.2, 0) is 9.84 Å². The summed E-state index contributed by atoms with van der Waals surface area (Å²) < 4.78 is 24.3. The number of hydrogen-bond acceptors (Lipinski definition) is 6. The molecular formula is C11H8N2O5S2. The van der Waals surface area contributed by atoms with E-state index in [1.54, 1.807) is 6.07 Å². The van der Waals surface area contributed by atoms with Crippen molar-refractivity contribution in [2.75, 3.05) is 0 Å². The molecule has 1 aromatic carbocycles. The average Bonchev–Trinajstić information content (AvgIpc) is 2.86. The molecule has 0 aliphatic rings. The molecule has 0 unspecified atom stereocenters. The average molecular weight is 312 g/mol. The van der Waals surface area contributed by atoms with Crippen LogP contribution in [0.3, 0.4) is 0 Å². The Bertz CT molecular complexity index is 780. The van der Waals surface area contributed by atoms with E-state index in [-0.39, 0.29) is 10.5 Å². The second-order valence-electron chi connectivity index (χ2n) is 3.72. The van der Waals surface area contributed by atoms with Gasteiger partial charge in [0.15, 0.2) is 0 Å². The summed E-state index contributed by atoms with van der Waals surface area (Å²) in [5, 5.41) is 10.3. The number of amides is 1. The van der Waals surface area contributed by atoms with Crippen LogP contribution in [-0.4, -0.2) is 19.2 Å². The van der Waals surface area contributed by atoms with Crippen molar-refractivity contribution < 1.29 is 18.1 Å². The highest BCUT2D eigenvalue weighted by Gasteiger charge is 2.30. The van der Waals surface area contributed by atoms with Crippen LogP contribution >= 0.6 is 11.3 Å². The minimum Gasteiger partial charge on any atom is -0.366 e. The van der Waals surface area contributed by atoms with E-state index in [0.717, 1.165) is 6.07 Å². The quantitative estimate of drug-likeness (QED) is 0.678. The van der Waals surface area contributed by atoms with Crippen LogP contribution in [0, 0.1) is 10.1 Å². The molecule has 1 amide bonds. The van der Waals surface area contributed by atoms with Gasteiger partial charge in [-0.1, -0.05) is 18.2 Å². The highest BCUT2D eigenvalue weighted by molar-refractivity contribution is 7.93. The first-order valence-corrected chi connectivity index (χ1v) is 7.52. The number of nitro groups is 1. The normalized spacial score (nSPS) is 11.2. The lowest BCUT2D eigenvalue weighted by atomic mass is 10.3. The van der Waals surface area contributed by atoms with Crippen LogP contribution in [0.1, 0.15) is 10.4 Å². The number of carbonyl (C=O) groups excluding carboxylic acids is 1. The van der Waals surface area contributed by atoms with Crippen LogP contribution in [0.15, 0.2) is 45.5 Å². The predicted octanol–water partition coefficient (Wildman–Crippen LogP) is 1.59. The first kappa shape index (κ1) is 14.2. The Kier molecular flexibility index (Phi) is 3.55. The molecule has 2 aromatic rings. The molecule has 2 rings (SSSR count). The maximum atomic E-state index is 12.4. The maximum absolute atomic E-state index is 12.4. The van der Waals surface area contributed by atoms with E-state index in [9.17, 15) is 23.3 Å². The third kappa shape index (κ3) is 2.40. The van der Waals surface area contributed by atoms with E-state index in [0.29, 0.717) is 11.3 Å². The molecule has 0 bridgehead atoms.